The number of sulfonamides is 1. The predicted molar refractivity (Wildman–Crippen MR) is 88.3 cm³/mol. The molecular formula is C16H24N2O3S. The average Bonchev–Trinajstić information content (AvgIpc) is 2.52. The van der Waals surface area contributed by atoms with Crippen LogP contribution in [0.25, 0.3) is 0 Å². The summed E-state index contributed by atoms with van der Waals surface area (Å²) in [5.74, 6) is -0.0866. The van der Waals surface area contributed by atoms with Crippen molar-refractivity contribution in [3.63, 3.8) is 0 Å². The smallest absolute Gasteiger partial charge is 0.246 e. The van der Waals surface area contributed by atoms with Crippen LogP contribution >= 0.6 is 0 Å². The fourth-order valence-corrected chi connectivity index (χ4v) is 4.15. The third-order valence-corrected chi connectivity index (χ3v) is 5.17. The second-order valence-electron chi connectivity index (χ2n) is 5.70. The largest absolute Gasteiger partial charge is 0.341 e. The molecule has 1 atom stereocenters. The van der Waals surface area contributed by atoms with E-state index in [-0.39, 0.29) is 5.91 Å². The number of hydrogen-bond donors (Lipinski definition) is 0. The van der Waals surface area contributed by atoms with E-state index >= 15 is 0 Å². The van der Waals surface area contributed by atoms with Gasteiger partial charge in [-0.2, -0.15) is 0 Å². The van der Waals surface area contributed by atoms with Gasteiger partial charge in [0.05, 0.1) is 11.9 Å². The van der Waals surface area contributed by atoms with Gasteiger partial charge in [-0.25, -0.2) is 8.42 Å². The van der Waals surface area contributed by atoms with Gasteiger partial charge >= 0.3 is 0 Å². The first-order valence-electron chi connectivity index (χ1n) is 7.78. The van der Waals surface area contributed by atoms with E-state index in [1.807, 2.05) is 13.0 Å². The first kappa shape index (κ1) is 16.8. The van der Waals surface area contributed by atoms with Crippen LogP contribution < -0.4 is 4.31 Å². The normalized spacial score (nSPS) is 17.1. The fourth-order valence-electron chi connectivity index (χ4n) is 2.94. The highest BCUT2D eigenvalue weighted by molar-refractivity contribution is 7.92. The minimum absolute atomic E-state index is 0.0866. The molecular weight excluding hydrogens is 300 g/mol. The Morgan fingerprint density at radius 1 is 1.18 bits per heavy atom. The molecule has 1 saturated heterocycles. The van der Waals surface area contributed by atoms with Crippen molar-refractivity contribution in [2.24, 2.45) is 0 Å². The van der Waals surface area contributed by atoms with Crippen molar-refractivity contribution in [2.75, 3.05) is 23.7 Å². The quantitative estimate of drug-likeness (QED) is 0.834. The highest BCUT2D eigenvalue weighted by Gasteiger charge is 2.34. The third-order valence-electron chi connectivity index (χ3n) is 3.99. The molecule has 1 aliphatic rings. The molecule has 6 heteroatoms. The van der Waals surface area contributed by atoms with Crippen LogP contribution in [-0.4, -0.2) is 44.6 Å². The molecule has 0 saturated carbocycles. The van der Waals surface area contributed by atoms with Gasteiger partial charge in [0.2, 0.25) is 15.9 Å². The summed E-state index contributed by atoms with van der Waals surface area (Å²) in [6.07, 6.45) is 4.73. The van der Waals surface area contributed by atoms with Gasteiger partial charge in [0, 0.05) is 13.1 Å². The molecule has 1 fully saturated rings. The van der Waals surface area contributed by atoms with Gasteiger partial charge in [-0.05, 0) is 37.8 Å². The Morgan fingerprint density at radius 2 is 1.77 bits per heavy atom. The van der Waals surface area contributed by atoms with Gasteiger partial charge in [0.25, 0.3) is 0 Å². The van der Waals surface area contributed by atoms with Crippen molar-refractivity contribution in [2.45, 2.75) is 38.6 Å². The number of benzene rings is 1. The summed E-state index contributed by atoms with van der Waals surface area (Å²) in [5.41, 5.74) is 0.544. The minimum Gasteiger partial charge on any atom is -0.341 e. The zero-order chi connectivity index (χ0) is 16.2. The molecule has 0 bridgehead atoms. The second-order valence-corrected chi connectivity index (χ2v) is 7.56. The van der Waals surface area contributed by atoms with Crippen molar-refractivity contribution >= 4 is 21.6 Å². The molecule has 1 aliphatic heterocycles. The van der Waals surface area contributed by atoms with Crippen LogP contribution in [0.5, 0.6) is 0 Å². The average molecular weight is 324 g/mol. The lowest BCUT2D eigenvalue weighted by Crippen LogP contribution is -2.51. The monoisotopic (exact) mass is 324 g/mol. The molecule has 2 rings (SSSR count). The predicted octanol–water partition coefficient (Wildman–Crippen LogP) is 2.24. The number of anilines is 1. The summed E-state index contributed by atoms with van der Waals surface area (Å²) in [6.45, 7) is 3.30. The van der Waals surface area contributed by atoms with Gasteiger partial charge in [0.15, 0.2) is 0 Å². The number of para-hydroxylation sites is 1. The summed E-state index contributed by atoms with van der Waals surface area (Å²) < 4.78 is 25.8. The maximum absolute atomic E-state index is 12.8. The van der Waals surface area contributed by atoms with E-state index in [9.17, 15) is 13.2 Å². The molecule has 0 spiro atoms. The van der Waals surface area contributed by atoms with Crippen LogP contribution in [-0.2, 0) is 14.8 Å². The first-order chi connectivity index (χ1) is 10.4. The lowest BCUT2D eigenvalue weighted by atomic mass is 10.1. The molecule has 1 aromatic carbocycles. The van der Waals surface area contributed by atoms with Crippen LogP contribution in [0.15, 0.2) is 30.3 Å². The summed E-state index contributed by atoms with van der Waals surface area (Å²) in [4.78, 5) is 14.6. The van der Waals surface area contributed by atoms with E-state index in [2.05, 4.69) is 0 Å². The Hall–Kier alpha value is -1.56. The van der Waals surface area contributed by atoms with Gasteiger partial charge in [-0.3, -0.25) is 9.10 Å². The number of carbonyl (C=O) groups is 1. The van der Waals surface area contributed by atoms with Crippen LogP contribution in [0.2, 0.25) is 0 Å². The maximum Gasteiger partial charge on any atom is 0.246 e. The Labute approximate surface area is 133 Å². The highest BCUT2D eigenvalue weighted by Crippen LogP contribution is 2.24. The molecule has 1 amide bonds. The van der Waals surface area contributed by atoms with E-state index in [1.54, 1.807) is 29.2 Å². The number of rotatable bonds is 5. The van der Waals surface area contributed by atoms with Crippen molar-refractivity contribution in [1.29, 1.82) is 0 Å². The second kappa shape index (κ2) is 7.13. The van der Waals surface area contributed by atoms with Crippen molar-refractivity contribution in [3.05, 3.63) is 30.3 Å². The van der Waals surface area contributed by atoms with E-state index in [0.717, 1.165) is 38.6 Å². The molecule has 0 radical (unpaired) electrons. The van der Waals surface area contributed by atoms with E-state index in [4.69, 9.17) is 0 Å². The topological polar surface area (TPSA) is 57.7 Å². The SMILES string of the molecule is CCC(C(=O)N1CCCCC1)N(c1ccccc1)S(C)(=O)=O. The standard InChI is InChI=1S/C16H24N2O3S/c1-3-15(16(19)17-12-8-5-9-13-17)18(22(2,20)21)14-10-6-4-7-11-14/h4,6-7,10-11,15H,3,5,8-9,12-13H2,1-2H3. The fraction of sp³-hybridized carbons (Fsp3) is 0.562. The molecule has 1 unspecified atom stereocenters. The molecule has 1 aromatic rings. The van der Waals surface area contributed by atoms with Crippen molar-refractivity contribution in [3.8, 4) is 0 Å². The highest BCUT2D eigenvalue weighted by atomic mass is 32.2. The zero-order valence-electron chi connectivity index (χ0n) is 13.2. The minimum atomic E-state index is -3.53. The van der Waals surface area contributed by atoms with E-state index in [1.165, 1.54) is 4.31 Å². The van der Waals surface area contributed by atoms with Crippen LogP contribution in [0.3, 0.4) is 0 Å². The Kier molecular flexibility index (Phi) is 5.45. The van der Waals surface area contributed by atoms with Crippen LogP contribution in [0.1, 0.15) is 32.6 Å². The van der Waals surface area contributed by atoms with Crippen molar-refractivity contribution < 1.29 is 13.2 Å². The lowest BCUT2D eigenvalue weighted by Gasteiger charge is -2.35. The molecule has 1 heterocycles. The molecule has 0 aromatic heterocycles. The van der Waals surface area contributed by atoms with E-state index < -0.39 is 16.1 Å². The van der Waals surface area contributed by atoms with Crippen LogP contribution in [0, 0.1) is 0 Å². The summed E-state index contributed by atoms with van der Waals surface area (Å²) in [7, 11) is -3.53. The number of nitrogens with zero attached hydrogens (tertiary/aromatic N) is 2. The molecule has 22 heavy (non-hydrogen) atoms. The number of piperidine rings is 1. The molecule has 0 N–H and O–H groups in total. The number of carbonyl (C=O) groups excluding carboxylic acids is 1. The Morgan fingerprint density at radius 3 is 2.27 bits per heavy atom. The first-order valence-corrected chi connectivity index (χ1v) is 9.63. The Balaban J connectivity index is 2.33. The number of likely N-dealkylation sites (tertiary alicyclic amines) is 1. The third kappa shape index (κ3) is 3.80. The zero-order valence-corrected chi connectivity index (χ0v) is 14.1. The summed E-state index contributed by atoms with van der Waals surface area (Å²) in [6, 6.07) is 8.19. The summed E-state index contributed by atoms with van der Waals surface area (Å²) >= 11 is 0. The molecule has 122 valence electrons. The number of amides is 1. The summed E-state index contributed by atoms with van der Waals surface area (Å²) in [5, 5.41) is 0. The van der Waals surface area contributed by atoms with Gasteiger partial charge < -0.3 is 4.90 Å². The van der Waals surface area contributed by atoms with Crippen LogP contribution in [0.4, 0.5) is 5.69 Å². The van der Waals surface area contributed by atoms with Gasteiger partial charge in [-0.15, -0.1) is 0 Å². The van der Waals surface area contributed by atoms with Gasteiger partial charge in [0.1, 0.15) is 6.04 Å². The molecule has 5 nitrogen and oxygen atoms in total. The van der Waals surface area contributed by atoms with E-state index in [0.29, 0.717) is 12.1 Å². The Bertz CT molecular complexity index is 595. The molecule has 0 aliphatic carbocycles. The van der Waals surface area contributed by atoms with Gasteiger partial charge in [-0.1, -0.05) is 25.1 Å². The van der Waals surface area contributed by atoms with Crippen molar-refractivity contribution in [1.82, 2.24) is 4.90 Å². The lowest BCUT2D eigenvalue weighted by molar-refractivity contribution is -0.133. The maximum atomic E-state index is 12.8. The number of hydrogen-bond acceptors (Lipinski definition) is 3.